The highest BCUT2D eigenvalue weighted by Gasteiger charge is 2.09. The van der Waals surface area contributed by atoms with E-state index in [4.69, 9.17) is 16.3 Å². The van der Waals surface area contributed by atoms with Gasteiger partial charge >= 0.3 is 0 Å². The molecule has 0 saturated heterocycles. The number of aromatic nitrogens is 1. The van der Waals surface area contributed by atoms with Gasteiger partial charge in [-0.05, 0) is 11.5 Å². The Balaban J connectivity index is 3.14. The highest BCUT2D eigenvalue weighted by atomic mass is 35.5. The number of hydrogen-bond donors (Lipinski definition) is 0. The third-order valence-electron chi connectivity index (χ3n) is 1.72. The van der Waals surface area contributed by atoms with Crippen LogP contribution >= 0.6 is 11.6 Å². The molecule has 1 heterocycles. The van der Waals surface area contributed by atoms with Crippen LogP contribution in [0.1, 0.15) is 25.3 Å². The first-order valence-electron chi connectivity index (χ1n) is 3.84. The maximum Gasteiger partial charge on any atom is 0.156 e. The van der Waals surface area contributed by atoms with Crippen LogP contribution < -0.4 is 4.74 Å². The van der Waals surface area contributed by atoms with E-state index in [1.807, 2.05) is 0 Å². The van der Waals surface area contributed by atoms with Crippen molar-refractivity contribution in [3.63, 3.8) is 0 Å². The third-order valence-corrected chi connectivity index (χ3v) is 2.12. The van der Waals surface area contributed by atoms with Gasteiger partial charge in [-0.3, -0.25) is 4.98 Å². The molecule has 0 spiro atoms. The van der Waals surface area contributed by atoms with Gasteiger partial charge in [-0.15, -0.1) is 0 Å². The Hall–Kier alpha value is -0.760. The lowest BCUT2D eigenvalue weighted by Gasteiger charge is -2.09. The SMILES string of the molecule is COc1cncc(C(C)C)c1Cl. The van der Waals surface area contributed by atoms with E-state index in [9.17, 15) is 0 Å². The predicted molar refractivity (Wildman–Crippen MR) is 49.9 cm³/mol. The fraction of sp³-hybridized carbons (Fsp3) is 0.444. The maximum atomic E-state index is 6.04. The van der Waals surface area contributed by atoms with Gasteiger partial charge in [-0.1, -0.05) is 25.4 Å². The molecule has 0 aliphatic heterocycles. The Labute approximate surface area is 77.5 Å². The Morgan fingerprint density at radius 1 is 1.42 bits per heavy atom. The van der Waals surface area contributed by atoms with Gasteiger partial charge in [-0.2, -0.15) is 0 Å². The number of methoxy groups -OCH3 is 1. The second-order valence-electron chi connectivity index (χ2n) is 2.90. The molecule has 0 aliphatic rings. The molecule has 66 valence electrons. The minimum absolute atomic E-state index is 0.375. The fourth-order valence-corrected chi connectivity index (χ4v) is 1.38. The van der Waals surface area contributed by atoms with Gasteiger partial charge in [0, 0.05) is 6.20 Å². The topological polar surface area (TPSA) is 22.1 Å². The molecule has 1 aromatic heterocycles. The normalized spacial score (nSPS) is 10.4. The molecular weight excluding hydrogens is 174 g/mol. The third kappa shape index (κ3) is 1.69. The second-order valence-corrected chi connectivity index (χ2v) is 3.28. The van der Waals surface area contributed by atoms with Crippen molar-refractivity contribution in [2.24, 2.45) is 0 Å². The van der Waals surface area contributed by atoms with Crippen molar-refractivity contribution in [2.75, 3.05) is 7.11 Å². The number of ether oxygens (including phenoxy) is 1. The van der Waals surface area contributed by atoms with Gasteiger partial charge in [0.25, 0.3) is 0 Å². The first-order chi connectivity index (χ1) is 5.66. The van der Waals surface area contributed by atoms with E-state index in [-0.39, 0.29) is 0 Å². The summed E-state index contributed by atoms with van der Waals surface area (Å²) < 4.78 is 5.04. The summed E-state index contributed by atoms with van der Waals surface area (Å²) in [5.74, 6) is 1.02. The van der Waals surface area contributed by atoms with Crippen molar-refractivity contribution in [2.45, 2.75) is 19.8 Å². The largest absolute Gasteiger partial charge is 0.494 e. The molecule has 3 heteroatoms. The monoisotopic (exact) mass is 185 g/mol. The van der Waals surface area contributed by atoms with E-state index in [0.717, 1.165) is 5.56 Å². The quantitative estimate of drug-likeness (QED) is 0.707. The van der Waals surface area contributed by atoms with Crippen molar-refractivity contribution in [1.82, 2.24) is 4.98 Å². The second kappa shape index (κ2) is 3.76. The average Bonchev–Trinajstić information content (AvgIpc) is 2.04. The van der Waals surface area contributed by atoms with Gasteiger partial charge in [-0.25, -0.2) is 0 Å². The summed E-state index contributed by atoms with van der Waals surface area (Å²) in [6.45, 7) is 4.14. The zero-order valence-corrected chi connectivity index (χ0v) is 8.22. The van der Waals surface area contributed by atoms with Crippen molar-refractivity contribution >= 4 is 11.6 Å². The Kier molecular flexibility index (Phi) is 2.93. The lowest BCUT2D eigenvalue weighted by atomic mass is 10.1. The minimum atomic E-state index is 0.375. The summed E-state index contributed by atoms with van der Waals surface area (Å²) >= 11 is 6.04. The van der Waals surface area contributed by atoms with Crippen LogP contribution in [0.4, 0.5) is 0 Å². The number of halogens is 1. The summed E-state index contributed by atoms with van der Waals surface area (Å²) in [5, 5.41) is 0.669. The van der Waals surface area contributed by atoms with Gasteiger partial charge in [0.2, 0.25) is 0 Å². The summed E-state index contributed by atoms with van der Waals surface area (Å²) in [7, 11) is 1.59. The van der Waals surface area contributed by atoms with E-state index in [0.29, 0.717) is 16.7 Å². The zero-order chi connectivity index (χ0) is 9.14. The average molecular weight is 186 g/mol. The summed E-state index contributed by atoms with van der Waals surface area (Å²) in [6.07, 6.45) is 3.39. The smallest absolute Gasteiger partial charge is 0.156 e. The first kappa shape index (κ1) is 9.33. The van der Waals surface area contributed by atoms with Crippen LogP contribution in [0.5, 0.6) is 5.75 Å². The summed E-state index contributed by atoms with van der Waals surface area (Å²) in [4.78, 5) is 4.03. The molecule has 0 fully saturated rings. The van der Waals surface area contributed by atoms with Gasteiger partial charge in [0.1, 0.15) is 0 Å². The molecule has 12 heavy (non-hydrogen) atoms. The number of hydrogen-bond acceptors (Lipinski definition) is 2. The molecule has 0 atom stereocenters. The number of rotatable bonds is 2. The van der Waals surface area contributed by atoms with Crippen molar-refractivity contribution in [3.8, 4) is 5.75 Å². The molecule has 2 nitrogen and oxygen atoms in total. The molecule has 0 saturated carbocycles. The summed E-state index contributed by atoms with van der Waals surface area (Å²) in [5.41, 5.74) is 1.02. The van der Waals surface area contributed by atoms with Crippen LogP contribution in [0.2, 0.25) is 5.02 Å². The van der Waals surface area contributed by atoms with Crippen LogP contribution in [0, 0.1) is 0 Å². The minimum Gasteiger partial charge on any atom is -0.494 e. The summed E-state index contributed by atoms with van der Waals surface area (Å²) in [6, 6.07) is 0. The first-order valence-corrected chi connectivity index (χ1v) is 4.22. The fourth-order valence-electron chi connectivity index (χ4n) is 0.986. The molecule has 0 N–H and O–H groups in total. The van der Waals surface area contributed by atoms with Gasteiger partial charge in [0.05, 0.1) is 18.3 Å². The van der Waals surface area contributed by atoms with Crippen LogP contribution in [-0.2, 0) is 0 Å². The Morgan fingerprint density at radius 2 is 2.08 bits per heavy atom. The van der Waals surface area contributed by atoms with Gasteiger partial charge in [0.15, 0.2) is 5.75 Å². The van der Waals surface area contributed by atoms with Gasteiger partial charge < -0.3 is 4.74 Å². The van der Waals surface area contributed by atoms with Crippen molar-refractivity contribution < 1.29 is 4.74 Å². The molecule has 0 aliphatic carbocycles. The van der Waals surface area contributed by atoms with E-state index in [1.54, 1.807) is 19.5 Å². The Bertz CT molecular complexity index is 273. The highest BCUT2D eigenvalue weighted by molar-refractivity contribution is 6.32. The molecular formula is C9H12ClNO. The molecule has 0 unspecified atom stereocenters. The zero-order valence-electron chi connectivity index (χ0n) is 7.47. The lowest BCUT2D eigenvalue weighted by Crippen LogP contribution is -1.93. The van der Waals surface area contributed by atoms with Crippen molar-refractivity contribution in [3.05, 3.63) is 23.0 Å². The van der Waals surface area contributed by atoms with E-state index in [2.05, 4.69) is 18.8 Å². The standard InChI is InChI=1S/C9H12ClNO/c1-6(2)7-4-11-5-8(12-3)9(7)10/h4-6H,1-3H3. The molecule has 0 bridgehead atoms. The van der Waals surface area contributed by atoms with Crippen LogP contribution in [0.3, 0.4) is 0 Å². The van der Waals surface area contributed by atoms with E-state index < -0.39 is 0 Å². The molecule has 1 rings (SSSR count). The predicted octanol–water partition coefficient (Wildman–Crippen LogP) is 2.87. The molecule has 0 amide bonds. The van der Waals surface area contributed by atoms with Crippen LogP contribution in [-0.4, -0.2) is 12.1 Å². The number of pyridine rings is 1. The number of nitrogens with zero attached hydrogens (tertiary/aromatic N) is 1. The van der Waals surface area contributed by atoms with Crippen molar-refractivity contribution in [1.29, 1.82) is 0 Å². The van der Waals surface area contributed by atoms with Crippen LogP contribution in [0.15, 0.2) is 12.4 Å². The molecule has 1 aromatic rings. The van der Waals surface area contributed by atoms with E-state index in [1.165, 1.54) is 0 Å². The van der Waals surface area contributed by atoms with E-state index >= 15 is 0 Å². The highest BCUT2D eigenvalue weighted by Crippen LogP contribution is 2.30. The molecule has 0 aromatic carbocycles. The molecule has 0 radical (unpaired) electrons. The maximum absolute atomic E-state index is 6.04. The van der Waals surface area contributed by atoms with Crippen LogP contribution in [0.25, 0.3) is 0 Å². The lowest BCUT2D eigenvalue weighted by molar-refractivity contribution is 0.412. The Morgan fingerprint density at radius 3 is 2.58 bits per heavy atom.